The third-order valence-corrected chi connectivity index (χ3v) is 7.33. The summed E-state index contributed by atoms with van der Waals surface area (Å²) in [5, 5.41) is 0. The number of benzene rings is 2. The zero-order chi connectivity index (χ0) is 26.4. The van der Waals surface area contributed by atoms with E-state index in [9.17, 15) is 8.42 Å². The number of pyridine rings is 1. The summed E-state index contributed by atoms with van der Waals surface area (Å²) in [7, 11) is -2.51. The van der Waals surface area contributed by atoms with Gasteiger partial charge in [0.25, 0.3) is 0 Å². The highest BCUT2D eigenvalue weighted by atomic mass is 32.2. The minimum atomic E-state index is -3.90. The summed E-state index contributed by atoms with van der Waals surface area (Å²) < 4.78 is 41.4. The van der Waals surface area contributed by atoms with Crippen molar-refractivity contribution >= 4 is 27.0 Å². The van der Waals surface area contributed by atoms with Gasteiger partial charge in [0, 0.05) is 28.6 Å². The van der Waals surface area contributed by atoms with Crippen LogP contribution in [-0.4, -0.2) is 40.6 Å². The highest BCUT2D eigenvalue weighted by Gasteiger charge is 2.27. The molecule has 0 saturated heterocycles. The van der Waals surface area contributed by atoms with Crippen molar-refractivity contribution in [1.82, 2.24) is 24.2 Å². The molecule has 5 rings (SSSR count). The lowest BCUT2D eigenvalue weighted by Crippen LogP contribution is -2.40. The fourth-order valence-corrected chi connectivity index (χ4v) is 5.66. The number of imidazole rings is 1. The van der Waals surface area contributed by atoms with Crippen LogP contribution in [0.3, 0.4) is 0 Å². The highest BCUT2D eigenvalue weighted by molar-refractivity contribution is 7.89. The number of anilines is 1. The van der Waals surface area contributed by atoms with Crippen molar-refractivity contribution in [1.29, 1.82) is 0 Å². The number of nitrogens with one attached hydrogen (secondary N) is 1. The zero-order valence-electron chi connectivity index (χ0n) is 20.8. The SMILES string of the molecule is COc1ncc(-c2ccc3nc(N)n(-c4cccc(-c5cnco5)c4)c3c2)cc1S(=O)(=O)NC(C)(C)C. The van der Waals surface area contributed by atoms with Gasteiger partial charge in [0.05, 0.1) is 24.3 Å². The second kappa shape index (κ2) is 9.02. The fraction of sp³-hybridized carbons (Fsp3) is 0.192. The van der Waals surface area contributed by atoms with Crippen molar-refractivity contribution in [3.05, 3.63) is 67.3 Å². The van der Waals surface area contributed by atoms with Gasteiger partial charge in [0.15, 0.2) is 12.2 Å². The van der Waals surface area contributed by atoms with Gasteiger partial charge in [-0.15, -0.1) is 0 Å². The van der Waals surface area contributed by atoms with E-state index in [-0.39, 0.29) is 10.8 Å². The summed E-state index contributed by atoms with van der Waals surface area (Å²) in [5.74, 6) is 0.958. The van der Waals surface area contributed by atoms with E-state index in [1.165, 1.54) is 13.5 Å². The van der Waals surface area contributed by atoms with Crippen LogP contribution >= 0.6 is 0 Å². The normalized spacial score (nSPS) is 12.2. The van der Waals surface area contributed by atoms with Gasteiger partial charge in [0.2, 0.25) is 21.9 Å². The van der Waals surface area contributed by atoms with E-state index in [2.05, 4.69) is 19.7 Å². The number of hydrogen-bond donors (Lipinski definition) is 2. The number of nitrogens with two attached hydrogens (primary N) is 1. The van der Waals surface area contributed by atoms with E-state index in [1.54, 1.807) is 39.2 Å². The smallest absolute Gasteiger partial charge is 0.246 e. The van der Waals surface area contributed by atoms with E-state index in [4.69, 9.17) is 14.9 Å². The molecule has 10 nitrogen and oxygen atoms in total. The molecule has 0 spiro atoms. The molecular formula is C26H26N6O4S. The minimum absolute atomic E-state index is 0.0140. The van der Waals surface area contributed by atoms with Crippen molar-refractivity contribution in [3.63, 3.8) is 0 Å². The first-order chi connectivity index (χ1) is 17.6. The summed E-state index contributed by atoms with van der Waals surface area (Å²) in [6.45, 7) is 5.31. The largest absolute Gasteiger partial charge is 0.480 e. The number of ether oxygens (including phenoxy) is 1. The number of hydrogen-bond acceptors (Lipinski definition) is 8. The molecular weight excluding hydrogens is 492 g/mol. The molecule has 0 bridgehead atoms. The first kappa shape index (κ1) is 24.5. The van der Waals surface area contributed by atoms with E-state index >= 15 is 0 Å². The Bertz CT molecular complexity index is 1700. The molecule has 3 N–H and O–H groups in total. The topological polar surface area (TPSA) is 138 Å². The summed E-state index contributed by atoms with van der Waals surface area (Å²) in [4.78, 5) is 12.7. The van der Waals surface area contributed by atoms with Crippen molar-refractivity contribution in [3.8, 4) is 34.0 Å². The van der Waals surface area contributed by atoms with Crippen LogP contribution < -0.4 is 15.2 Å². The lowest BCUT2D eigenvalue weighted by molar-refractivity contribution is 0.384. The molecule has 2 aromatic carbocycles. The summed E-state index contributed by atoms with van der Waals surface area (Å²) in [6, 6.07) is 14.8. The molecule has 5 aromatic rings. The number of methoxy groups -OCH3 is 1. The maximum absolute atomic E-state index is 13.1. The first-order valence-electron chi connectivity index (χ1n) is 11.4. The molecule has 3 heterocycles. The van der Waals surface area contributed by atoms with E-state index in [0.717, 1.165) is 22.3 Å². The predicted octanol–water partition coefficient (Wildman–Crippen LogP) is 4.41. The maximum Gasteiger partial charge on any atom is 0.246 e. The van der Waals surface area contributed by atoms with Gasteiger partial charge in [-0.25, -0.2) is 28.1 Å². The second-order valence-corrected chi connectivity index (χ2v) is 11.2. The second-order valence-electron chi connectivity index (χ2n) is 9.51. The van der Waals surface area contributed by atoms with Crippen LogP contribution in [0, 0.1) is 0 Å². The number of aromatic nitrogens is 4. The van der Waals surface area contributed by atoms with E-state index < -0.39 is 15.6 Å². The summed E-state index contributed by atoms with van der Waals surface area (Å²) in [5.41, 5.74) is 10.0. The lowest BCUT2D eigenvalue weighted by atomic mass is 10.1. The van der Waals surface area contributed by atoms with Crippen LogP contribution in [0.5, 0.6) is 5.88 Å². The standard InChI is InChI=1S/C26H26N6O4S/c1-26(2,3)31-37(33,34)23-12-18(13-29-24(23)35-4)16-8-9-20-21(11-16)32(25(27)30-20)19-7-5-6-17(10-19)22-14-28-15-36-22/h5-15,31H,1-4H3,(H2,27,30). The van der Waals surface area contributed by atoms with Crippen molar-refractivity contribution < 1.29 is 17.6 Å². The molecule has 37 heavy (non-hydrogen) atoms. The van der Waals surface area contributed by atoms with Crippen molar-refractivity contribution in [2.45, 2.75) is 31.2 Å². The molecule has 11 heteroatoms. The van der Waals surface area contributed by atoms with Crippen LogP contribution in [0.15, 0.2) is 76.6 Å². The third-order valence-electron chi connectivity index (χ3n) is 5.58. The number of oxazole rings is 1. The molecule has 0 atom stereocenters. The number of fused-ring (bicyclic) bond motifs is 1. The molecule has 0 aliphatic heterocycles. The van der Waals surface area contributed by atoms with Gasteiger partial charge < -0.3 is 14.9 Å². The van der Waals surface area contributed by atoms with Gasteiger partial charge in [-0.3, -0.25) is 4.57 Å². The predicted molar refractivity (Wildman–Crippen MR) is 141 cm³/mol. The quantitative estimate of drug-likeness (QED) is 0.337. The van der Waals surface area contributed by atoms with Crippen LogP contribution in [0.25, 0.3) is 39.2 Å². The van der Waals surface area contributed by atoms with Gasteiger partial charge in [0.1, 0.15) is 4.90 Å². The molecule has 0 radical (unpaired) electrons. The monoisotopic (exact) mass is 518 g/mol. The Hall–Kier alpha value is -4.22. The fourth-order valence-electron chi connectivity index (χ4n) is 4.10. The Labute approximate surface area is 214 Å². The van der Waals surface area contributed by atoms with Crippen LogP contribution in [0.1, 0.15) is 20.8 Å². The number of rotatable bonds is 6. The Morgan fingerprint density at radius 1 is 1.03 bits per heavy atom. The van der Waals surface area contributed by atoms with Gasteiger partial charge in [-0.2, -0.15) is 0 Å². The number of nitrogens with zero attached hydrogens (tertiary/aromatic N) is 4. The van der Waals surface area contributed by atoms with Gasteiger partial charge in [-0.1, -0.05) is 18.2 Å². The molecule has 0 aliphatic rings. The van der Waals surface area contributed by atoms with Gasteiger partial charge in [-0.05, 0) is 56.7 Å². The molecule has 0 amide bonds. The molecule has 0 unspecified atom stereocenters. The first-order valence-corrected chi connectivity index (χ1v) is 12.9. The maximum atomic E-state index is 13.1. The Balaban J connectivity index is 1.63. The zero-order valence-corrected chi connectivity index (χ0v) is 21.6. The summed E-state index contributed by atoms with van der Waals surface area (Å²) >= 11 is 0. The Kier molecular flexibility index (Phi) is 5.97. The van der Waals surface area contributed by atoms with Gasteiger partial charge >= 0.3 is 0 Å². The van der Waals surface area contributed by atoms with Crippen LogP contribution in [-0.2, 0) is 10.0 Å². The van der Waals surface area contributed by atoms with Crippen molar-refractivity contribution in [2.24, 2.45) is 0 Å². The average molecular weight is 519 g/mol. The molecule has 190 valence electrons. The van der Waals surface area contributed by atoms with E-state index in [0.29, 0.717) is 22.8 Å². The number of nitrogen functional groups attached to an aromatic ring is 1. The lowest BCUT2D eigenvalue weighted by Gasteiger charge is -2.21. The molecule has 0 saturated carbocycles. The molecule has 0 fully saturated rings. The summed E-state index contributed by atoms with van der Waals surface area (Å²) in [6.07, 6.45) is 4.59. The van der Waals surface area contributed by atoms with Crippen LogP contribution in [0.2, 0.25) is 0 Å². The van der Waals surface area contributed by atoms with E-state index in [1.807, 2.05) is 47.0 Å². The average Bonchev–Trinajstić information content (AvgIpc) is 3.49. The third kappa shape index (κ3) is 4.78. The highest BCUT2D eigenvalue weighted by Crippen LogP contribution is 2.32. The minimum Gasteiger partial charge on any atom is -0.480 e. The molecule has 0 aliphatic carbocycles. The van der Waals surface area contributed by atoms with Crippen LogP contribution in [0.4, 0.5) is 5.95 Å². The Morgan fingerprint density at radius 2 is 1.84 bits per heavy atom. The molecule has 3 aromatic heterocycles. The van der Waals surface area contributed by atoms with Crippen molar-refractivity contribution in [2.75, 3.05) is 12.8 Å². The number of sulfonamides is 1. The Morgan fingerprint density at radius 3 is 2.54 bits per heavy atom.